The van der Waals surface area contributed by atoms with Crippen molar-refractivity contribution in [3.05, 3.63) is 47.3 Å². The van der Waals surface area contributed by atoms with E-state index < -0.39 is 28.5 Å². The summed E-state index contributed by atoms with van der Waals surface area (Å²) in [6, 6.07) is 3.25. The van der Waals surface area contributed by atoms with Gasteiger partial charge in [0.2, 0.25) is 0 Å². The fourth-order valence-electron chi connectivity index (χ4n) is 2.78. The molecule has 1 aromatic carbocycles. The van der Waals surface area contributed by atoms with Gasteiger partial charge in [0.05, 0.1) is 4.90 Å². The Morgan fingerprint density at radius 3 is 2.83 bits per heavy atom. The number of halogens is 2. The number of nitrogens with zero attached hydrogens (tertiary/aromatic N) is 1. The summed E-state index contributed by atoms with van der Waals surface area (Å²) < 4.78 is 43.2. The molecule has 3 rings (SSSR count). The Hall–Kier alpha value is -2.06. The lowest BCUT2D eigenvalue weighted by molar-refractivity contribution is 0.101. The summed E-state index contributed by atoms with van der Waals surface area (Å²) in [6.07, 6.45) is 3.02. The van der Waals surface area contributed by atoms with E-state index in [4.69, 9.17) is 0 Å². The molecule has 1 amide bonds. The molecule has 1 aliphatic rings. The Morgan fingerprint density at radius 1 is 1.38 bits per heavy atom. The van der Waals surface area contributed by atoms with Gasteiger partial charge in [0, 0.05) is 36.6 Å². The third-order valence-electron chi connectivity index (χ3n) is 3.97. The van der Waals surface area contributed by atoms with Gasteiger partial charge in [-0.15, -0.1) is 0 Å². The van der Waals surface area contributed by atoms with Gasteiger partial charge < -0.3 is 9.88 Å². The minimum atomic E-state index is -1.38. The molecule has 2 N–H and O–H groups in total. The number of fused-ring (bicyclic) bond motifs is 1. The molecule has 2 aromatic rings. The molecule has 0 bridgehead atoms. The quantitative estimate of drug-likeness (QED) is 0.871. The monoisotopic (exact) mass is 353 g/mol. The molecule has 128 valence electrons. The van der Waals surface area contributed by atoms with Crippen LogP contribution in [0.2, 0.25) is 0 Å². The molecule has 2 heterocycles. The zero-order chi connectivity index (χ0) is 17.4. The van der Waals surface area contributed by atoms with Gasteiger partial charge in [0.1, 0.15) is 16.7 Å². The molecule has 1 aromatic heterocycles. The molecule has 0 aliphatic carbocycles. The van der Waals surface area contributed by atoms with Gasteiger partial charge in [-0.2, -0.15) is 0 Å². The minimum Gasteiger partial charge on any atom is -0.345 e. The Balaban J connectivity index is 1.93. The highest BCUT2D eigenvalue weighted by Gasteiger charge is 2.27. The van der Waals surface area contributed by atoms with Gasteiger partial charge in [-0.05, 0) is 31.9 Å². The van der Waals surface area contributed by atoms with E-state index in [-0.39, 0.29) is 11.7 Å². The van der Waals surface area contributed by atoms with E-state index in [1.54, 1.807) is 17.8 Å². The molecule has 24 heavy (non-hydrogen) atoms. The van der Waals surface area contributed by atoms with E-state index >= 15 is 0 Å². The Labute approximate surface area is 140 Å². The number of carbonyl (C=O) groups excluding carboxylic acids is 1. The number of aryl methyl sites for hydroxylation is 1. The van der Waals surface area contributed by atoms with Crippen molar-refractivity contribution in [3.8, 4) is 0 Å². The van der Waals surface area contributed by atoms with Crippen molar-refractivity contribution in [1.29, 1.82) is 0 Å². The van der Waals surface area contributed by atoms with Crippen LogP contribution in [0, 0.1) is 11.6 Å². The molecular weight excluding hydrogens is 336 g/mol. The molecule has 0 spiro atoms. The first-order valence-corrected chi connectivity index (χ1v) is 8.64. The van der Waals surface area contributed by atoms with Gasteiger partial charge in [0.15, 0.2) is 11.6 Å². The van der Waals surface area contributed by atoms with Crippen molar-refractivity contribution in [1.82, 2.24) is 9.29 Å². The van der Waals surface area contributed by atoms with Crippen LogP contribution in [0.15, 0.2) is 29.3 Å². The van der Waals surface area contributed by atoms with E-state index in [0.717, 1.165) is 18.6 Å². The number of aromatic nitrogens is 1. The zero-order valence-corrected chi connectivity index (χ0v) is 14.0. The normalized spacial score (nSPS) is 20.3. The second-order valence-corrected chi connectivity index (χ2v) is 7.05. The summed E-state index contributed by atoms with van der Waals surface area (Å²) in [4.78, 5) is 13.2. The van der Waals surface area contributed by atoms with Crippen molar-refractivity contribution in [2.24, 2.45) is 7.05 Å². The standard InChI is InChI=1S/C16H17F2N3O2S/c1-9-3-5-11-14(24(23)20-9)8-21(2)15(11)16(22)19-10-4-6-12(17)13(18)7-10/h4,6-9,20H,3,5H2,1-2H3,(H,19,22). The molecule has 0 fully saturated rings. The average molecular weight is 353 g/mol. The number of benzene rings is 1. The van der Waals surface area contributed by atoms with Crippen LogP contribution in [0.3, 0.4) is 0 Å². The predicted octanol–water partition coefficient (Wildman–Crippen LogP) is 2.50. The Morgan fingerprint density at radius 2 is 2.12 bits per heavy atom. The molecular formula is C16H17F2N3O2S. The van der Waals surface area contributed by atoms with Gasteiger partial charge >= 0.3 is 0 Å². The zero-order valence-electron chi connectivity index (χ0n) is 13.2. The second-order valence-electron chi connectivity index (χ2n) is 5.84. The van der Waals surface area contributed by atoms with Crippen LogP contribution in [-0.2, 0) is 24.5 Å². The van der Waals surface area contributed by atoms with Crippen LogP contribution >= 0.6 is 0 Å². The maximum atomic E-state index is 13.3. The summed E-state index contributed by atoms with van der Waals surface area (Å²) in [7, 11) is 0.308. The predicted molar refractivity (Wildman–Crippen MR) is 87.1 cm³/mol. The van der Waals surface area contributed by atoms with Gasteiger partial charge in [-0.3, -0.25) is 4.79 Å². The highest BCUT2D eigenvalue weighted by Crippen LogP contribution is 2.26. The molecule has 0 saturated heterocycles. The topological polar surface area (TPSA) is 63.1 Å². The van der Waals surface area contributed by atoms with Crippen molar-refractivity contribution >= 4 is 22.6 Å². The molecule has 1 aliphatic heterocycles. The summed E-state index contributed by atoms with van der Waals surface area (Å²) >= 11 is 0. The molecule has 2 atom stereocenters. The molecule has 2 unspecified atom stereocenters. The van der Waals surface area contributed by atoms with E-state index in [0.29, 0.717) is 22.6 Å². The van der Waals surface area contributed by atoms with E-state index in [1.165, 1.54) is 6.07 Å². The van der Waals surface area contributed by atoms with Gasteiger partial charge in [-0.1, -0.05) is 0 Å². The van der Waals surface area contributed by atoms with Crippen molar-refractivity contribution in [2.45, 2.75) is 30.7 Å². The van der Waals surface area contributed by atoms with Crippen LogP contribution in [0.4, 0.5) is 14.5 Å². The SMILES string of the molecule is CC1CCc2c(cn(C)c2C(=O)Nc2ccc(F)c(F)c2)S(=O)N1. The lowest BCUT2D eigenvalue weighted by atomic mass is 10.1. The number of nitrogens with one attached hydrogen (secondary N) is 2. The molecule has 0 radical (unpaired) electrons. The van der Waals surface area contributed by atoms with Gasteiger partial charge in [0.25, 0.3) is 5.91 Å². The van der Waals surface area contributed by atoms with Crippen molar-refractivity contribution in [2.75, 3.05) is 5.32 Å². The van der Waals surface area contributed by atoms with E-state index in [2.05, 4.69) is 10.0 Å². The van der Waals surface area contributed by atoms with Crippen LogP contribution < -0.4 is 10.0 Å². The number of amides is 1. The van der Waals surface area contributed by atoms with E-state index in [1.807, 2.05) is 6.92 Å². The number of rotatable bonds is 2. The molecule has 8 heteroatoms. The fourth-order valence-corrected chi connectivity index (χ4v) is 4.06. The van der Waals surface area contributed by atoms with Crippen molar-refractivity contribution in [3.63, 3.8) is 0 Å². The first kappa shape index (κ1) is 16.8. The highest BCUT2D eigenvalue weighted by atomic mass is 32.2. The maximum absolute atomic E-state index is 13.3. The lowest BCUT2D eigenvalue weighted by Gasteiger charge is -2.10. The second kappa shape index (κ2) is 6.45. The Kier molecular flexibility index (Phi) is 4.51. The van der Waals surface area contributed by atoms with Crippen LogP contribution in [-0.4, -0.2) is 20.7 Å². The van der Waals surface area contributed by atoms with E-state index in [9.17, 15) is 17.8 Å². The largest absolute Gasteiger partial charge is 0.345 e. The van der Waals surface area contributed by atoms with Crippen LogP contribution in [0.1, 0.15) is 29.4 Å². The fraction of sp³-hybridized carbons (Fsp3) is 0.312. The number of carbonyl (C=O) groups is 1. The summed E-state index contributed by atoms with van der Waals surface area (Å²) in [6.45, 7) is 1.94. The van der Waals surface area contributed by atoms with Crippen LogP contribution in [0.25, 0.3) is 0 Å². The maximum Gasteiger partial charge on any atom is 0.272 e. The highest BCUT2D eigenvalue weighted by molar-refractivity contribution is 7.83. The smallest absolute Gasteiger partial charge is 0.272 e. The average Bonchev–Trinajstić information content (AvgIpc) is 2.78. The third-order valence-corrected chi connectivity index (χ3v) is 5.34. The third kappa shape index (κ3) is 3.11. The summed E-state index contributed by atoms with van der Waals surface area (Å²) in [5.74, 6) is -2.45. The Bertz CT molecular complexity index is 835. The number of hydrogen-bond acceptors (Lipinski definition) is 2. The molecule has 0 saturated carbocycles. The lowest BCUT2D eigenvalue weighted by Crippen LogP contribution is -2.26. The minimum absolute atomic E-state index is 0.0747. The first-order valence-electron chi connectivity index (χ1n) is 7.49. The molecule has 5 nitrogen and oxygen atoms in total. The first-order chi connectivity index (χ1) is 11.4. The number of anilines is 1. The summed E-state index contributed by atoms with van der Waals surface area (Å²) in [5.41, 5.74) is 1.25. The van der Waals surface area contributed by atoms with Crippen LogP contribution in [0.5, 0.6) is 0 Å². The summed E-state index contributed by atoms with van der Waals surface area (Å²) in [5, 5.41) is 2.56. The van der Waals surface area contributed by atoms with Crippen molar-refractivity contribution < 1.29 is 17.8 Å². The van der Waals surface area contributed by atoms with Gasteiger partial charge in [-0.25, -0.2) is 17.7 Å². The number of hydrogen-bond donors (Lipinski definition) is 2.